The van der Waals surface area contributed by atoms with E-state index in [1.54, 1.807) is 4.90 Å². The van der Waals surface area contributed by atoms with Crippen LogP contribution in [0.15, 0.2) is 30.3 Å². The van der Waals surface area contributed by atoms with Crippen molar-refractivity contribution < 1.29 is 19.0 Å². The summed E-state index contributed by atoms with van der Waals surface area (Å²) in [6, 6.07) is 9.73. The van der Waals surface area contributed by atoms with Gasteiger partial charge in [0.05, 0.1) is 13.2 Å². The molecule has 0 aliphatic carbocycles. The lowest BCUT2D eigenvalue weighted by atomic mass is 9.91. The Bertz CT molecular complexity index is 499. The van der Waals surface area contributed by atoms with Gasteiger partial charge in [0.2, 0.25) is 0 Å². The number of hydrogen-bond acceptors (Lipinski definition) is 4. The van der Waals surface area contributed by atoms with E-state index in [1.165, 1.54) is 0 Å². The second-order valence-corrected chi connectivity index (χ2v) is 6.04. The molecule has 3 rings (SSSR count). The van der Waals surface area contributed by atoms with Gasteiger partial charge in [-0.2, -0.15) is 0 Å². The van der Waals surface area contributed by atoms with Crippen molar-refractivity contribution >= 4 is 6.09 Å². The van der Waals surface area contributed by atoms with Gasteiger partial charge in [0.25, 0.3) is 0 Å². The number of hydrogen-bond donors (Lipinski definition) is 0. The fourth-order valence-corrected chi connectivity index (χ4v) is 3.15. The van der Waals surface area contributed by atoms with Gasteiger partial charge >= 0.3 is 6.09 Å². The Morgan fingerprint density at radius 1 is 1.32 bits per heavy atom. The number of piperidine rings is 1. The summed E-state index contributed by atoms with van der Waals surface area (Å²) >= 11 is 0. The van der Waals surface area contributed by atoms with Gasteiger partial charge in [0.1, 0.15) is 6.61 Å². The molecule has 0 aromatic heterocycles. The number of nitrogens with zero attached hydrogens (tertiary/aromatic N) is 1. The third-order valence-electron chi connectivity index (χ3n) is 4.49. The summed E-state index contributed by atoms with van der Waals surface area (Å²) in [5.74, 6) is -0.355. The molecule has 1 unspecified atom stereocenters. The number of amides is 1. The molecule has 120 valence electrons. The smallest absolute Gasteiger partial charge is 0.410 e. The molecule has 5 heteroatoms. The molecule has 1 aromatic carbocycles. The molecule has 2 fully saturated rings. The fraction of sp³-hybridized carbons (Fsp3) is 0.588. The van der Waals surface area contributed by atoms with Gasteiger partial charge in [-0.15, -0.1) is 0 Å². The summed E-state index contributed by atoms with van der Waals surface area (Å²) in [6.07, 6.45) is 1.71. The minimum atomic E-state index is -0.557. The Morgan fingerprint density at radius 3 is 2.77 bits per heavy atom. The zero-order valence-electron chi connectivity index (χ0n) is 13.0. The third kappa shape index (κ3) is 3.42. The molecule has 2 aliphatic rings. The quantitative estimate of drug-likeness (QED) is 0.861. The number of ether oxygens (including phenoxy) is 3. The Kier molecular flexibility index (Phi) is 4.64. The van der Waals surface area contributed by atoms with Crippen molar-refractivity contribution in [3.63, 3.8) is 0 Å². The van der Waals surface area contributed by atoms with E-state index < -0.39 is 5.79 Å². The summed E-state index contributed by atoms with van der Waals surface area (Å²) in [7, 11) is 0. The van der Waals surface area contributed by atoms with Crippen molar-refractivity contribution in [2.45, 2.75) is 32.2 Å². The molecule has 1 atom stereocenters. The van der Waals surface area contributed by atoms with E-state index in [9.17, 15) is 4.79 Å². The molecule has 2 saturated heterocycles. The highest BCUT2D eigenvalue weighted by molar-refractivity contribution is 5.67. The lowest BCUT2D eigenvalue weighted by Crippen LogP contribution is -2.48. The average molecular weight is 305 g/mol. The first-order valence-corrected chi connectivity index (χ1v) is 7.91. The van der Waals surface area contributed by atoms with Crippen molar-refractivity contribution in [2.24, 2.45) is 5.92 Å². The van der Waals surface area contributed by atoms with E-state index in [4.69, 9.17) is 14.2 Å². The maximum absolute atomic E-state index is 12.3. The van der Waals surface area contributed by atoms with Crippen LogP contribution in [0.2, 0.25) is 0 Å². The largest absolute Gasteiger partial charge is 0.445 e. The van der Waals surface area contributed by atoms with Crippen LogP contribution in [0.1, 0.15) is 25.3 Å². The van der Waals surface area contributed by atoms with Crippen LogP contribution in [0.3, 0.4) is 0 Å². The summed E-state index contributed by atoms with van der Waals surface area (Å²) in [5, 5.41) is 0. The fourth-order valence-electron chi connectivity index (χ4n) is 3.15. The summed E-state index contributed by atoms with van der Waals surface area (Å²) < 4.78 is 16.9. The maximum Gasteiger partial charge on any atom is 0.410 e. The molecule has 1 amide bonds. The number of carbonyl (C=O) groups is 1. The van der Waals surface area contributed by atoms with Crippen LogP contribution in [-0.4, -0.2) is 43.1 Å². The topological polar surface area (TPSA) is 48.0 Å². The van der Waals surface area contributed by atoms with Gasteiger partial charge < -0.3 is 19.1 Å². The van der Waals surface area contributed by atoms with Crippen LogP contribution in [-0.2, 0) is 20.8 Å². The van der Waals surface area contributed by atoms with Crippen molar-refractivity contribution in [2.75, 3.05) is 26.3 Å². The molecule has 22 heavy (non-hydrogen) atoms. The minimum absolute atomic E-state index is 0.202. The number of likely N-dealkylation sites (tertiary alicyclic amines) is 1. The van der Waals surface area contributed by atoms with Crippen molar-refractivity contribution in [1.82, 2.24) is 4.90 Å². The van der Waals surface area contributed by atoms with Crippen molar-refractivity contribution in [1.29, 1.82) is 0 Å². The highest BCUT2D eigenvalue weighted by atomic mass is 16.7. The van der Waals surface area contributed by atoms with E-state index >= 15 is 0 Å². The van der Waals surface area contributed by atoms with Crippen LogP contribution in [0.5, 0.6) is 0 Å². The molecule has 0 saturated carbocycles. The van der Waals surface area contributed by atoms with Gasteiger partial charge in [-0.3, -0.25) is 0 Å². The molecule has 0 spiro atoms. The third-order valence-corrected chi connectivity index (χ3v) is 4.49. The minimum Gasteiger partial charge on any atom is -0.445 e. The van der Waals surface area contributed by atoms with E-state index in [2.05, 4.69) is 0 Å². The zero-order chi connectivity index (χ0) is 15.4. The Balaban J connectivity index is 1.54. The molecule has 0 N–H and O–H groups in total. The monoisotopic (exact) mass is 305 g/mol. The SMILES string of the molecule is CC1(C2CCCN(C(=O)OCc3ccccc3)C2)OCCO1. The molecular weight excluding hydrogens is 282 g/mol. The second kappa shape index (κ2) is 6.67. The van der Waals surface area contributed by atoms with Crippen molar-refractivity contribution in [3.8, 4) is 0 Å². The molecule has 5 nitrogen and oxygen atoms in total. The van der Waals surface area contributed by atoms with E-state index in [-0.39, 0.29) is 12.0 Å². The van der Waals surface area contributed by atoms with Crippen molar-refractivity contribution in [3.05, 3.63) is 35.9 Å². The van der Waals surface area contributed by atoms with Gasteiger partial charge in [0.15, 0.2) is 5.79 Å². The van der Waals surface area contributed by atoms with Gasteiger partial charge in [-0.1, -0.05) is 30.3 Å². The summed E-state index contributed by atoms with van der Waals surface area (Å²) in [6.45, 7) is 4.91. The Morgan fingerprint density at radius 2 is 2.05 bits per heavy atom. The lowest BCUT2D eigenvalue weighted by molar-refractivity contribution is -0.190. The number of carbonyl (C=O) groups excluding carboxylic acids is 1. The predicted octanol–water partition coefficient (Wildman–Crippen LogP) is 2.80. The van der Waals surface area contributed by atoms with Crippen LogP contribution in [0, 0.1) is 5.92 Å². The molecular formula is C17H23NO4. The Labute approximate surface area is 131 Å². The van der Waals surface area contributed by atoms with E-state index in [0.717, 1.165) is 24.9 Å². The van der Waals surface area contributed by atoms with Crippen LogP contribution in [0.4, 0.5) is 4.79 Å². The normalized spacial score (nSPS) is 24.2. The first-order valence-electron chi connectivity index (χ1n) is 7.91. The maximum atomic E-state index is 12.3. The molecule has 2 heterocycles. The zero-order valence-corrected chi connectivity index (χ0v) is 13.0. The van der Waals surface area contributed by atoms with Crippen LogP contribution >= 0.6 is 0 Å². The molecule has 0 bridgehead atoms. The lowest BCUT2D eigenvalue weighted by Gasteiger charge is -2.39. The first-order chi connectivity index (χ1) is 10.7. The van der Waals surface area contributed by atoms with Crippen LogP contribution < -0.4 is 0 Å². The average Bonchev–Trinajstić information content (AvgIpc) is 3.02. The molecule has 2 aliphatic heterocycles. The van der Waals surface area contributed by atoms with Gasteiger partial charge in [0, 0.05) is 19.0 Å². The van der Waals surface area contributed by atoms with Crippen LogP contribution in [0.25, 0.3) is 0 Å². The summed E-state index contributed by atoms with van der Waals surface area (Å²) in [4.78, 5) is 14.0. The predicted molar refractivity (Wildman–Crippen MR) is 81.2 cm³/mol. The number of rotatable bonds is 3. The highest BCUT2D eigenvalue weighted by Gasteiger charge is 2.42. The molecule has 1 aromatic rings. The number of benzene rings is 1. The summed E-state index contributed by atoms with van der Waals surface area (Å²) in [5.41, 5.74) is 0.999. The standard InChI is InChI=1S/C17H23NO4/c1-17(21-10-11-22-17)15-8-5-9-18(12-15)16(19)20-13-14-6-3-2-4-7-14/h2-4,6-7,15H,5,8-13H2,1H3. The molecule has 0 radical (unpaired) electrons. The first kappa shape index (κ1) is 15.3. The highest BCUT2D eigenvalue weighted by Crippen LogP contribution is 2.34. The van der Waals surface area contributed by atoms with E-state index in [1.807, 2.05) is 37.3 Å². The Hall–Kier alpha value is -1.59. The van der Waals surface area contributed by atoms with E-state index in [0.29, 0.717) is 26.4 Å². The van der Waals surface area contributed by atoms with Gasteiger partial charge in [-0.05, 0) is 25.3 Å². The van der Waals surface area contributed by atoms with Gasteiger partial charge in [-0.25, -0.2) is 4.79 Å². The second-order valence-electron chi connectivity index (χ2n) is 6.04.